The lowest BCUT2D eigenvalue weighted by Gasteiger charge is -2.23. The first kappa shape index (κ1) is 15.0. The summed E-state index contributed by atoms with van der Waals surface area (Å²) in [6, 6.07) is 12.5. The minimum absolute atomic E-state index is 0.145. The van der Waals surface area contributed by atoms with Gasteiger partial charge in [0, 0.05) is 29.4 Å². The zero-order chi connectivity index (χ0) is 14.5. The van der Waals surface area contributed by atoms with Crippen LogP contribution in [0.5, 0.6) is 0 Å². The highest BCUT2D eigenvalue weighted by molar-refractivity contribution is 9.10. The quantitative estimate of drug-likeness (QED) is 0.912. The fourth-order valence-corrected chi connectivity index (χ4v) is 2.67. The molecule has 0 radical (unpaired) electrons. The Morgan fingerprint density at radius 2 is 2.10 bits per heavy atom. The normalized spacial score (nSPS) is 12.2. The van der Waals surface area contributed by atoms with Crippen molar-refractivity contribution in [3.63, 3.8) is 0 Å². The molecule has 0 bridgehead atoms. The SMILES string of the molecule is CC(N)Cc1cc(Br)ccc1N(C)Cc1ccccn1. The number of benzene rings is 1. The van der Waals surface area contributed by atoms with Crippen LogP contribution in [-0.4, -0.2) is 18.1 Å². The highest BCUT2D eigenvalue weighted by Gasteiger charge is 2.10. The average molecular weight is 334 g/mol. The zero-order valence-electron chi connectivity index (χ0n) is 11.9. The summed E-state index contributed by atoms with van der Waals surface area (Å²) in [4.78, 5) is 6.59. The van der Waals surface area contributed by atoms with Crippen molar-refractivity contribution in [1.29, 1.82) is 0 Å². The van der Waals surface area contributed by atoms with E-state index >= 15 is 0 Å². The molecule has 0 spiro atoms. The minimum atomic E-state index is 0.145. The number of pyridine rings is 1. The Balaban J connectivity index is 2.22. The van der Waals surface area contributed by atoms with Gasteiger partial charge in [-0.05, 0) is 49.2 Å². The Kier molecular flexibility index (Phi) is 5.15. The fraction of sp³-hybridized carbons (Fsp3) is 0.312. The van der Waals surface area contributed by atoms with E-state index in [0.717, 1.165) is 23.1 Å². The van der Waals surface area contributed by atoms with E-state index in [-0.39, 0.29) is 6.04 Å². The predicted octanol–water partition coefficient (Wildman–Crippen LogP) is 3.37. The van der Waals surface area contributed by atoms with Gasteiger partial charge in [-0.1, -0.05) is 22.0 Å². The maximum atomic E-state index is 5.95. The third-order valence-corrected chi connectivity index (χ3v) is 3.61. The molecule has 106 valence electrons. The summed E-state index contributed by atoms with van der Waals surface area (Å²) in [6.45, 7) is 2.82. The van der Waals surface area contributed by atoms with Crippen LogP contribution in [0.25, 0.3) is 0 Å². The van der Waals surface area contributed by atoms with Crippen LogP contribution in [0.2, 0.25) is 0 Å². The van der Waals surface area contributed by atoms with Crippen LogP contribution in [-0.2, 0) is 13.0 Å². The minimum Gasteiger partial charge on any atom is -0.368 e. The van der Waals surface area contributed by atoms with Crippen LogP contribution < -0.4 is 10.6 Å². The van der Waals surface area contributed by atoms with Crippen LogP contribution in [0.1, 0.15) is 18.2 Å². The van der Waals surface area contributed by atoms with Crippen molar-refractivity contribution in [2.75, 3.05) is 11.9 Å². The Morgan fingerprint density at radius 1 is 1.30 bits per heavy atom. The molecule has 0 amide bonds. The van der Waals surface area contributed by atoms with Crippen LogP contribution in [0.15, 0.2) is 47.1 Å². The fourth-order valence-electron chi connectivity index (χ4n) is 2.26. The Labute approximate surface area is 129 Å². The van der Waals surface area contributed by atoms with E-state index in [4.69, 9.17) is 5.73 Å². The van der Waals surface area contributed by atoms with Gasteiger partial charge in [0.2, 0.25) is 0 Å². The molecule has 2 aromatic rings. The van der Waals surface area contributed by atoms with E-state index in [1.54, 1.807) is 0 Å². The summed E-state index contributed by atoms with van der Waals surface area (Å²) >= 11 is 3.53. The first-order valence-electron chi connectivity index (χ1n) is 6.71. The van der Waals surface area contributed by atoms with Crippen LogP contribution in [0.3, 0.4) is 0 Å². The lowest BCUT2D eigenvalue weighted by atomic mass is 10.0. The van der Waals surface area contributed by atoms with Crippen molar-refractivity contribution in [1.82, 2.24) is 4.98 Å². The van der Waals surface area contributed by atoms with Crippen LogP contribution in [0, 0.1) is 0 Å². The van der Waals surface area contributed by atoms with Crippen LogP contribution in [0.4, 0.5) is 5.69 Å². The Bertz CT molecular complexity index is 555. The van der Waals surface area contributed by atoms with Crippen molar-refractivity contribution < 1.29 is 0 Å². The predicted molar refractivity (Wildman–Crippen MR) is 87.8 cm³/mol. The molecule has 0 fully saturated rings. The Morgan fingerprint density at radius 3 is 2.75 bits per heavy atom. The maximum Gasteiger partial charge on any atom is 0.0598 e. The number of aromatic nitrogens is 1. The molecular weight excluding hydrogens is 314 g/mol. The number of hydrogen-bond acceptors (Lipinski definition) is 3. The molecule has 1 aromatic heterocycles. The molecule has 1 heterocycles. The second kappa shape index (κ2) is 6.86. The van der Waals surface area contributed by atoms with Gasteiger partial charge in [-0.3, -0.25) is 4.98 Å². The standard InChI is InChI=1S/C16H20BrN3/c1-12(18)9-13-10-14(17)6-7-16(13)20(2)11-15-5-3-4-8-19-15/h3-8,10,12H,9,11,18H2,1-2H3. The van der Waals surface area contributed by atoms with Gasteiger partial charge < -0.3 is 10.6 Å². The first-order chi connectivity index (χ1) is 9.56. The second-order valence-corrected chi connectivity index (χ2v) is 6.05. The van der Waals surface area contributed by atoms with E-state index in [2.05, 4.69) is 51.1 Å². The lowest BCUT2D eigenvalue weighted by Crippen LogP contribution is -2.22. The van der Waals surface area contributed by atoms with Gasteiger partial charge in [-0.15, -0.1) is 0 Å². The molecule has 2 rings (SSSR count). The Hall–Kier alpha value is -1.39. The highest BCUT2D eigenvalue weighted by atomic mass is 79.9. The van der Waals surface area contributed by atoms with Gasteiger partial charge in [0.15, 0.2) is 0 Å². The number of nitrogens with two attached hydrogens (primary N) is 1. The van der Waals surface area contributed by atoms with Gasteiger partial charge in [0.05, 0.1) is 12.2 Å². The van der Waals surface area contributed by atoms with Gasteiger partial charge in [0.25, 0.3) is 0 Å². The van der Waals surface area contributed by atoms with Gasteiger partial charge in [0.1, 0.15) is 0 Å². The van der Waals surface area contributed by atoms with Crippen molar-refractivity contribution in [2.24, 2.45) is 5.73 Å². The molecule has 0 aliphatic carbocycles. The smallest absolute Gasteiger partial charge is 0.0598 e. The van der Waals surface area contributed by atoms with E-state index < -0.39 is 0 Å². The third kappa shape index (κ3) is 4.05. The number of hydrogen-bond donors (Lipinski definition) is 1. The topological polar surface area (TPSA) is 42.1 Å². The number of anilines is 1. The van der Waals surface area contributed by atoms with E-state index in [0.29, 0.717) is 0 Å². The summed E-state index contributed by atoms with van der Waals surface area (Å²) in [6.07, 6.45) is 2.69. The first-order valence-corrected chi connectivity index (χ1v) is 7.50. The molecule has 20 heavy (non-hydrogen) atoms. The maximum absolute atomic E-state index is 5.95. The highest BCUT2D eigenvalue weighted by Crippen LogP contribution is 2.25. The van der Waals surface area contributed by atoms with Crippen molar-refractivity contribution >= 4 is 21.6 Å². The summed E-state index contributed by atoms with van der Waals surface area (Å²) in [5.74, 6) is 0. The van der Waals surface area contributed by atoms with E-state index in [9.17, 15) is 0 Å². The molecule has 0 saturated heterocycles. The monoisotopic (exact) mass is 333 g/mol. The summed E-state index contributed by atoms with van der Waals surface area (Å²) in [5.41, 5.74) is 9.47. The molecular formula is C16H20BrN3. The van der Waals surface area contributed by atoms with Gasteiger partial charge in [-0.25, -0.2) is 0 Å². The van der Waals surface area contributed by atoms with Crippen molar-refractivity contribution in [3.8, 4) is 0 Å². The molecule has 0 saturated carbocycles. The number of halogens is 1. The molecule has 3 nitrogen and oxygen atoms in total. The average Bonchev–Trinajstić information content (AvgIpc) is 2.39. The summed E-state index contributed by atoms with van der Waals surface area (Å²) in [7, 11) is 2.09. The third-order valence-electron chi connectivity index (χ3n) is 3.12. The molecule has 0 aliphatic heterocycles. The largest absolute Gasteiger partial charge is 0.368 e. The summed E-state index contributed by atoms with van der Waals surface area (Å²) < 4.78 is 1.09. The second-order valence-electron chi connectivity index (χ2n) is 5.13. The molecule has 4 heteroatoms. The van der Waals surface area contributed by atoms with Crippen molar-refractivity contribution in [2.45, 2.75) is 25.9 Å². The molecule has 0 aliphatic rings. The molecule has 2 N–H and O–H groups in total. The molecule has 1 unspecified atom stereocenters. The summed E-state index contributed by atoms with van der Waals surface area (Å²) in [5, 5.41) is 0. The number of rotatable bonds is 5. The van der Waals surface area contributed by atoms with E-state index in [1.807, 2.05) is 31.3 Å². The zero-order valence-corrected chi connectivity index (χ0v) is 13.5. The molecule has 1 atom stereocenters. The molecule has 1 aromatic carbocycles. The van der Waals surface area contributed by atoms with Crippen molar-refractivity contribution in [3.05, 3.63) is 58.3 Å². The van der Waals surface area contributed by atoms with Gasteiger partial charge in [-0.2, -0.15) is 0 Å². The van der Waals surface area contributed by atoms with Crippen LogP contribution >= 0.6 is 15.9 Å². The van der Waals surface area contributed by atoms with E-state index in [1.165, 1.54) is 11.3 Å². The van der Waals surface area contributed by atoms with Gasteiger partial charge >= 0.3 is 0 Å². The lowest BCUT2D eigenvalue weighted by molar-refractivity contribution is 0.733. The number of nitrogens with zero attached hydrogens (tertiary/aromatic N) is 2.